The highest BCUT2D eigenvalue weighted by molar-refractivity contribution is 7.91. The Morgan fingerprint density at radius 1 is 1.30 bits per heavy atom. The van der Waals surface area contributed by atoms with Crippen LogP contribution < -0.4 is 14.8 Å². The molecule has 1 aromatic carbocycles. The molecule has 0 aliphatic carbocycles. The van der Waals surface area contributed by atoms with Crippen LogP contribution in [0.15, 0.2) is 18.2 Å². The molecule has 1 aliphatic heterocycles. The van der Waals surface area contributed by atoms with Gasteiger partial charge < -0.3 is 14.8 Å². The zero-order chi connectivity index (χ0) is 16.9. The van der Waals surface area contributed by atoms with Gasteiger partial charge in [0.25, 0.3) is 0 Å². The smallest absolute Gasteiger partial charge is 0.220 e. The van der Waals surface area contributed by atoms with Crippen LogP contribution in [0.25, 0.3) is 0 Å². The lowest BCUT2D eigenvalue weighted by molar-refractivity contribution is -0.121. The highest BCUT2D eigenvalue weighted by Crippen LogP contribution is 2.31. The van der Waals surface area contributed by atoms with Gasteiger partial charge in [-0.25, -0.2) is 8.42 Å². The quantitative estimate of drug-likeness (QED) is 0.805. The fourth-order valence-electron chi connectivity index (χ4n) is 2.78. The van der Waals surface area contributed by atoms with Gasteiger partial charge >= 0.3 is 0 Å². The number of hydrogen-bond donors (Lipinski definition) is 1. The Labute approximate surface area is 137 Å². The van der Waals surface area contributed by atoms with E-state index in [1.165, 1.54) is 0 Å². The van der Waals surface area contributed by atoms with Gasteiger partial charge in [0.15, 0.2) is 21.3 Å². The third kappa shape index (κ3) is 4.86. The number of hydrogen-bond acceptors (Lipinski definition) is 5. The molecule has 0 radical (unpaired) electrons. The molecule has 23 heavy (non-hydrogen) atoms. The van der Waals surface area contributed by atoms with E-state index in [0.29, 0.717) is 37.3 Å². The molecule has 1 amide bonds. The Bertz CT molecular complexity index is 656. The maximum absolute atomic E-state index is 12.0. The van der Waals surface area contributed by atoms with Gasteiger partial charge in [0.05, 0.1) is 25.7 Å². The number of sulfone groups is 1. The standard InChI is InChI=1S/C16H23NO5S/c1-21-14-5-3-4-13(16(14)22-2)6-7-15(18)17-10-12-8-9-23(19,20)11-12/h3-5,12H,6-11H2,1-2H3,(H,17,18)/t12-/m1/s1. The molecule has 1 aliphatic rings. The Hall–Kier alpha value is -1.76. The topological polar surface area (TPSA) is 81.7 Å². The molecule has 1 heterocycles. The van der Waals surface area contributed by atoms with E-state index in [0.717, 1.165) is 5.56 Å². The van der Waals surface area contributed by atoms with Crippen LogP contribution in [0.3, 0.4) is 0 Å². The van der Waals surface area contributed by atoms with Crippen molar-refractivity contribution in [2.75, 3.05) is 32.3 Å². The van der Waals surface area contributed by atoms with Crippen molar-refractivity contribution in [2.45, 2.75) is 19.3 Å². The summed E-state index contributed by atoms with van der Waals surface area (Å²) in [6.45, 7) is 0.424. The summed E-state index contributed by atoms with van der Waals surface area (Å²) in [5, 5.41) is 2.82. The molecular weight excluding hydrogens is 318 g/mol. The van der Waals surface area contributed by atoms with E-state index >= 15 is 0 Å². The molecule has 0 saturated carbocycles. The number of carbonyl (C=O) groups excluding carboxylic acids is 1. The number of para-hydroxylation sites is 1. The van der Waals surface area contributed by atoms with Gasteiger partial charge in [-0.3, -0.25) is 4.79 Å². The van der Waals surface area contributed by atoms with Gasteiger partial charge in [-0.05, 0) is 30.4 Å². The highest BCUT2D eigenvalue weighted by Gasteiger charge is 2.27. The molecule has 6 nitrogen and oxygen atoms in total. The zero-order valence-electron chi connectivity index (χ0n) is 13.5. The fraction of sp³-hybridized carbons (Fsp3) is 0.562. The van der Waals surface area contributed by atoms with Gasteiger partial charge in [0, 0.05) is 13.0 Å². The number of amides is 1. The zero-order valence-corrected chi connectivity index (χ0v) is 14.3. The SMILES string of the molecule is COc1cccc(CCC(=O)NC[C@H]2CCS(=O)(=O)C2)c1OC. The maximum atomic E-state index is 12.0. The summed E-state index contributed by atoms with van der Waals surface area (Å²) in [6, 6.07) is 5.57. The second-order valence-electron chi connectivity index (χ2n) is 5.73. The van der Waals surface area contributed by atoms with E-state index in [1.54, 1.807) is 14.2 Å². The molecule has 7 heteroatoms. The Morgan fingerprint density at radius 3 is 2.70 bits per heavy atom. The van der Waals surface area contributed by atoms with Crippen molar-refractivity contribution in [3.63, 3.8) is 0 Å². The van der Waals surface area contributed by atoms with Crippen LogP contribution in [0.5, 0.6) is 11.5 Å². The highest BCUT2D eigenvalue weighted by atomic mass is 32.2. The summed E-state index contributed by atoms with van der Waals surface area (Å²) in [6.07, 6.45) is 1.49. The van der Waals surface area contributed by atoms with Crippen LogP contribution in [-0.2, 0) is 21.1 Å². The van der Waals surface area contributed by atoms with Gasteiger partial charge in [-0.1, -0.05) is 12.1 Å². The molecular formula is C16H23NO5S. The minimum absolute atomic E-state index is 0.0373. The number of methoxy groups -OCH3 is 2. The molecule has 0 aromatic heterocycles. The van der Waals surface area contributed by atoms with Crippen molar-refractivity contribution in [1.29, 1.82) is 0 Å². The summed E-state index contributed by atoms with van der Waals surface area (Å²) in [5.41, 5.74) is 0.908. The van der Waals surface area contributed by atoms with E-state index in [9.17, 15) is 13.2 Å². The third-order valence-corrected chi connectivity index (χ3v) is 5.86. The average molecular weight is 341 g/mol. The number of rotatable bonds is 7. The van der Waals surface area contributed by atoms with E-state index in [1.807, 2.05) is 18.2 Å². The van der Waals surface area contributed by atoms with Crippen molar-refractivity contribution in [3.05, 3.63) is 23.8 Å². The van der Waals surface area contributed by atoms with Crippen molar-refractivity contribution in [3.8, 4) is 11.5 Å². The first-order chi connectivity index (χ1) is 10.9. The van der Waals surface area contributed by atoms with Crippen molar-refractivity contribution < 1.29 is 22.7 Å². The summed E-state index contributed by atoms with van der Waals surface area (Å²) < 4.78 is 33.4. The molecule has 0 unspecified atom stereocenters. The second-order valence-corrected chi connectivity index (χ2v) is 7.95. The lowest BCUT2D eigenvalue weighted by atomic mass is 10.1. The van der Waals surface area contributed by atoms with E-state index in [4.69, 9.17) is 9.47 Å². The van der Waals surface area contributed by atoms with E-state index in [2.05, 4.69) is 5.32 Å². The minimum atomic E-state index is -2.90. The van der Waals surface area contributed by atoms with Gasteiger partial charge in [0.1, 0.15) is 0 Å². The maximum Gasteiger partial charge on any atom is 0.220 e. The summed E-state index contributed by atoms with van der Waals surface area (Å²) in [7, 11) is 0.248. The number of benzene rings is 1. The largest absolute Gasteiger partial charge is 0.493 e. The third-order valence-electron chi connectivity index (χ3n) is 4.02. The molecule has 128 valence electrons. The predicted octanol–water partition coefficient (Wildman–Crippen LogP) is 1.19. The Kier molecular flexibility index (Phi) is 5.87. The predicted molar refractivity (Wildman–Crippen MR) is 87.6 cm³/mol. The molecule has 1 N–H and O–H groups in total. The first-order valence-corrected chi connectivity index (χ1v) is 9.44. The molecule has 0 bridgehead atoms. The second kappa shape index (κ2) is 7.68. The van der Waals surface area contributed by atoms with Crippen LogP contribution in [0.1, 0.15) is 18.4 Å². The van der Waals surface area contributed by atoms with Crippen LogP contribution in [-0.4, -0.2) is 46.6 Å². The van der Waals surface area contributed by atoms with Crippen molar-refractivity contribution in [1.82, 2.24) is 5.32 Å². The minimum Gasteiger partial charge on any atom is -0.493 e. The number of carbonyl (C=O) groups is 1. The molecule has 1 aromatic rings. The monoisotopic (exact) mass is 341 g/mol. The van der Waals surface area contributed by atoms with Gasteiger partial charge in [-0.15, -0.1) is 0 Å². The fourth-order valence-corrected chi connectivity index (χ4v) is 4.64. The Morgan fingerprint density at radius 2 is 2.09 bits per heavy atom. The van der Waals surface area contributed by atoms with Gasteiger partial charge in [0.2, 0.25) is 5.91 Å². The first-order valence-electron chi connectivity index (χ1n) is 7.62. The summed E-state index contributed by atoms with van der Waals surface area (Å²) in [5.74, 6) is 1.65. The van der Waals surface area contributed by atoms with Crippen molar-refractivity contribution >= 4 is 15.7 Å². The van der Waals surface area contributed by atoms with Crippen LogP contribution in [0.2, 0.25) is 0 Å². The normalized spacial score (nSPS) is 19.3. The lowest BCUT2D eigenvalue weighted by Crippen LogP contribution is -2.30. The number of ether oxygens (including phenoxy) is 2. The van der Waals surface area contributed by atoms with Crippen LogP contribution in [0, 0.1) is 5.92 Å². The number of nitrogens with one attached hydrogen (secondary N) is 1. The molecule has 0 spiro atoms. The molecule has 1 saturated heterocycles. The molecule has 1 atom stereocenters. The summed E-state index contributed by atoms with van der Waals surface area (Å²) >= 11 is 0. The van der Waals surface area contributed by atoms with Gasteiger partial charge in [-0.2, -0.15) is 0 Å². The Balaban J connectivity index is 1.83. The van der Waals surface area contributed by atoms with E-state index < -0.39 is 9.84 Å². The molecule has 1 fully saturated rings. The average Bonchev–Trinajstić information content (AvgIpc) is 2.89. The number of aryl methyl sites for hydroxylation is 1. The van der Waals surface area contributed by atoms with E-state index in [-0.39, 0.29) is 23.3 Å². The van der Waals surface area contributed by atoms with Crippen LogP contribution >= 0.6 is 0 Å². The first kappa shape index (κ1) is 17.6. The van der Waals surface area contributed by atoms with Crippen molar-refractivity contribution in [2.24, 2.45) is 5.92 Å². The van der Waals surface area contributed by atoms with Crippen LogP contribution in [0.4, 0.5) is 0 Å². The molecule has 2 rings (SSSR count). The summed E-state index contributed by atoms with van der Waals surface area (Å²) in [4.78, 5) is 12.0. The lowest BCUT2D eigenvalue weighted by Gasteiger charge is -2.13.